The fourth-order valence-corrected chi connectivity index (χ4v) is 3.94. The Balaban J connectivity index is 2.00. The Hall–Kier alpha value is -1.49. The van der Waals surface area contributed by atoms with Gasteiger partial charge in [0.1, 0.15) is 0 Å². The maximum atomic E-state index is 12.4. The third-order valence-electron chi connectivity index (χ3n) is 3.88. The molecule has 1 aliphatic carbocycles. The van der Waals surface area contributed by atoms with Crippen molar-refractivity contribution >= 4 is 29.3 Å². The topological polar surface area (TPSA) is 58.2 Å². The zero-order valence-electron chi connectivity index (χ0n) is 13.2. The minimum atomic E-state index is -0.0544. The van der Waals surface area contributed by atoms with Gasteiger partial charge in [0.15, 0.2) is 0 Å². The molecule has 2 amide bonds. The van der Waals surface area contributed by atoms with Gasteiger partial charge in [-0.2, -0.15) is 11.8 Å². The first-order valence-corrected chi connectivity index (χ1v) is 9.01. The minimum Gasteiger partial charge on any atom is -0.348 e. The van der Waals surface area contributed by atoms with Crippen molar-refractivity contribution in [3.8, 4) is 0 Å². The highest BCUT2D eigenvalue weighted by molar-refractivity contribution is 7.99. The molecule has 2 rings (SSSR count). The number of nitrogens with one attached hydrogen (secondary N) is 2. The van der Waals surface area contributed by atoms with Crippen molar-refractivity contribution in [1.29, 1.82) is 0 Å². The van der Waals surface area contributed by atoms with Crippen LogP contribution in [0, 0.1) is 0 Å². The molecule has 120 valence electrons. The first-order chi connectivity index (χ1) is 10.6. The number of carbonyl (C=O) groups excluding carboxylic acids is 2. The highest BCUT2D eigenvalue weighted by Crippen LogP contribution is 2.30. The highest BCUT2D eigenvalue weighted by Gasteiger charge is 2.28. The lowest BCUT2D eigenvalue weighted by atomic mass is 10.1. The second-order valence-corrected chi connectivity index (χ2v) is 7.00. The normalized spacial score (nSPS) is 20.6. The lowest BCUT2D eigenvalue weighted by Gasteiger charge is -2.20. The molecule has 0 aromatic heterocycles. The molecule has 0 aliphatic heterocycles. The average Bonchev–Trinajstić information content (AvgIpc) is 2.95. The van der Waals surface area contributed by atoms with E-state index in [0.717, 1.165) is 12.2 Å². The summed E-state index contributed by atoms with van der Waals surface area (Å²) in [5.74, 6) is 0.976. The zero-order chi connectivity index (χ0) is 15.9. The van der Waals surface area contributed by atoms with Crippen molar-refractivity contribution in [1.82, 2.24) is 5.32 Å². The van der Waals surface area contributed by atoms with Crippen LogP contribution in [0.5, 0.6) is 0 Å². The van der Waals surface area contributed by atoms with Crippen LogP contribution in [-0.4, -0.2) is 28.9 Å². The highest BCUT2D eigenvalue weighted by atomic mass is 32.2. The summed E-state index contributed by atoms with van der Waals surface area (Å²) < 4.78 is 0. The smallest absolute Gasteiger partial charge is 0.251 e. The van der Waals surface area contributed by atoms with Crippen molar-refractivity contribution in [2.45, 2.75) is 50.8 Å². The molecule has 0 bridgehead atoms. The third kappa shape index (κ3) is 4.50. The van der Waals surface area contributed by atoms with Crippen LogP contribution in [0.25, 0.3) is 0 Å². The number of hydrogen-bond acceptors (Lipinski definition) is 3. The van der Waals surface area contributed by atoms with Crippen LogP contribution in [0.4, 0.5) is 5.69 Å². The van der Waals surface area contributed by atoms with Gasteiger partial charge in [-0.3, -0.25) is 9.59 Å². The summed E-state index contributed by atoms with van der Waals surface area (Å²) >= 11 is 1.93. The SMILES string of the molecule is CCS[C@@H]1CCC[C@@H]1NC(=O)c1cccc(NC(=O)CC)c1. The van der Waals surface area contributed by atoms with Crippen molar-refractivity contribution in [2.75, 3.05) is 11.1 Å². The van der Waals surface area contributed by atoms with E-state index in [4.69, 9.17) is 0 Å². The zero-order valence-corrected chi connectivity index (χ0v) is 14.0. The summed E-state index contributed by atoms with van der Waals surface area (Å²) in [6, 6.07) is 7.38. The van der Waals surface area contributed by atoms with Gasteiger partial charge in [-0.05, 0) is 36.8 Å². The standard InChI is InChI=1S/C17H24N2O2S/c1-3-16(20)18-13-8-5-7-12(11-13)17(21)19-14-9-6-10-15(14)22-4-2/h5,7-8,11,14-15H,3-4,6,9-10H2,1-2H3,(H,18,20)(H,19,21)/t14-,15+/m0/s1. The molecule has 1 fully saturated rings. The average molecular weight is 320 g/mol. The van der Waals surface area contributed by atoms with Crippen LogP contribution in [0.2, 0.25) is 0 Å². The van der Waals surface area contributed by atoms with Gasteiger partial charge in [-0.1, -0.05) is 26.3 Å². The Morgan fingerprint density at radius 1 is 1.27 bits per heavy atom. The lowest BCUT2D eigenvalue weighted by molar-refractivity contribution is -0.115. The predicted octanol–water partition coefficient (Wildman–Crippen LogP) is 3.44. The van der Waals surface area contributed by atoms with E-state index >= 15 is 0 Å². The Bertz CT molecular complexity index is 533. The lowest BCUT2D eigenvalue weighted by Crippen LogP contribution is -2.38. The quantitative estimate of drug-likeness (QED) is 0.844. The van der Waals surface area contributed by atoms with Crippen LogP contribution < -0.4 is 10.6 Å². The number of amides is 2. The molecule has 22 heavy (non-hydrogen) atoms. The van der Waals surface area contributed by atoms with Gasteiger partial charge in [-0.15, -0.1) is 0 Å². The largest absolute Gasteiger partial charge is 0.348 e. The Labute approximate surface area is 136 Å². The van der Waals surface area contributed by atoms with Crippen molar-refractivity contribution in [3.63, 3.8) is 0 Å². The number of hydrogen-bond donors (Lipinski definition) is 2. The van der Waals surface area contributed by atoms with Crippen LogP contribution >= 0.6 is 11.8 Å². The van der Waals surface area contributed by atoms with E-state index in [9.17, 15) is 9.59 Å². The molecule has 0 spiro atoms. The molecule has 1 aliphatic rings. The summed E-state index contributed by atoms with van der Waals surface area (Å²) in [6.45, 7) is 3.96. The monoisotopic (exact) mass is 320 g/mol. The molecule has 1 aromatic rings. The predicted molar refractivity (Wildman–Crippen MR) is 92.4 cm³/mol. The molecule has 4 nitrogen and oxygen atoms in total. The van der Waals surface area contributed by atoms with Crippen LogP contribution in [0.1, 0.15) is 49.9 Å². The van der Waals surface area contributed by atoms with E-state index in [-0.39, 0.29) is 17.9 Å². The minimum absolute atomic E-state index is 0.0484. The number of thioether (sulfide) groups is 1. The number of anilines is 1. The number of carbonyl (C=O) groups is 2. The third-order valence-corrected chi connectivity index (χ3v) is 5.21. The maximum absolute atomic E-state index is 12.4. The van der Waals surface area contributed by atoms with E-state index in [1.165, 1.54) is 12.8 Å². The maximum Gasteiger partial charge on any atom is 0.251 e. The molecule has 0 saturated heterocycles. The summed E-state index contributed by atoms with van der Waals surface area (Å²) in [7, 11) is 0. The summed E-state index contributed by atoms with van der Waals surface area (Å²) in [5, 5.41) is 6.46. The fraction of sp³-hybridized carbons (Fsp3) is 0.529. The van der Waals surface area contributed by atoms with Crippen LogP contribution in [-0.2, 0) is 4.79 Å². The van der Waals surface area contributed by atoms with Gasteiger partial charge >= 0.3 is 0 Å². The first kappa shape index (κ1) is 16.9. The summed E-state index contributed by atoms with van der Waals surface area (Å²) in [6.07, 6.45) is 3.83. The molecule has 1 aromatic carbocycles. The second-order valence-electron chi connectivity index (χ2n) is 5.49. The first-order valence-electron chi connectivity index (χ1n) is 7.96. The molecular formula is C17H24N2O2S. The van der Waals surface area contributed by atoms with E-state index in [0.29, 0.717) is 22.9 Å². The Kier molecular flexibility index (Phi) is 6.31. The summed E-state index contributed by atoms with van der Waals surface area (Å²) in [4.78, 5) is 23.9. The molecular weight excluding hydrogens is 296 g/mol. The number of benzene rings is 1. The van der Waals surface area contributed by atoms with Crippen LogP contribution in [0.15, 0.2) is 24.3 Å². The molecule has 0 radical (unpaired) electrons. The second kappa shape index (κ2) is 8.22. The van der Waals surface area contributed by atoms with E-state index < -0.39 is 0 Å². The van der Waals surface area contributed by atoms with Gasteiger partial charge in [0, 0.05) is 29.0 Å². The van der Waals surface area contributed by atoms with Gasteiger partial charge in [0.2, 0.25) is 5.91 Å². The van der Waals surface area contributed by atoms with Crippen molar-refractivity contribution in [3.05, 3.63) is 29.8 Å². The Morgan fingerprint density at radius 3 is 2.82 bits per heavy atom. The number of rotatable bonds is 6. The van der Waals surface area contributed by atoms with Crippen LogP contribution in [0.3, 0.4) is 0 Å². The molecule has 2 atom stereocenters. The van der Waals surface area contributed by atoms with E-state index in [1.54, 1.807) is 31.2 Å². The molecule has 0 unspecified atom stereocenters. The summed E-state index contributed by atoms with van der Waals surface area (Å²) in [5.41, 5.74) is 1.27. The van der Waals surface area contributed by atoms with Gasteiger partial charge in [0.25, 0.3) is 5.91 Å². The van der Waals surface area contributed by atoms with Crippen molar-refractivity contribution < 1.29 is 9.59 Å². The van der Waals surface area contributed by atoms with Crippen molar-refractivity contribution in [2.24, 2.45) is 0 Å². The fourth-order valence-electron chi connectivity index (χ4n) is 2.74. The molecule has 1 saturated carbocycles. The van der Waals surface area contributed by atoms with Gasteiger partial charge in [0.05, 0.1) is 0 Å². The Morgan fingerprint density at radius 2 is 2.09 bits per heavy atom. The van der Waals surface area contributed by atoms with E-state index in [1.807, 2.05) is 11.8 Å². The van der Waals surface area contributed by atoms with Gasteiger partial charge < -0.3 is 10.6 Å². The molecule has 2 N–H and O–H groups in total. The van der Waals surface area contributed by atoms with Gasteiger partial charge in [-0.25, -0.2) is 0 Å². The van der Waals surface area contributed by atoms with E-state index in [2.05, 4.69) is 17.6 Å². The molecule has 0 heterocycles. The molecule has 5 heteroatoms.